The third-order valence-corrected chi connectivity index (χ3v) is 2.30. The second-order valence-electron chi connectivity index (χ2n) is 3.70. The normalized spacial score (nSPS) is 11.7. The molecule has 0 aliphatic carbocycles. The predicted octanol–water partition coefficient (Wildman–Crippen LogP) is 3.55. The molecule has 6 heteroatoms. The fourth-order valence-corrected chi connectivity index (χ4v) is 1.36. The number of pyridine rings is 1. The molecule has 2 rings (SSSR count). The molecule has 0 fully saturated rings. The molecule has 0 aliphatic heterocycles. The molecule has 0 atom stereocenters. The largest absolute Gasteiger partial charge is 0.416 e. The Bertz CT molecular complexity index is 548. The topological polar surface area (TPSA) is 37.3 Å². The second-order valence-corrected chi connectivity index (χ2v) is 3.70. The summed E-state index contributed by atoms with van der Waals surface area (Å²) in [5, 5.41) is 3.88. The summed E-state index contributed by atoms with van der Waals surface area (Å²) in [6.07, 6.45) is -1.29. The molecule has 2 aromatic rings. The molecule has 0 saturated carbocycles. The maximum Gasteiger partial charge on any atom is 0.416 e. The first kappa shape index (κ1) is 13.1. The van der Waals surface area contributed by atoms with Gasteiger partial charge in [-0.1, -0.05) is 18.2 Å². The molecular formula is C13H10F3N3. The van der Waals surface area contributed by atoms with E-state index in [9.17, 15) is 13.2 Å². The molecule has 3 nitrogen and oxygen atoms in total. The van der Waals surface area contributed by atoms with Gasteiger partial charge in [0.25, 0.3) is 0 Å². The van der Waals surface area contributed by atoms with Crippen molar-refractivity contribution in [3.05, 3.63) is 59.8 Å². The van der Waals surface area contributed by atoms with Crippen molar-refractivity contribution in [3.63, 3.8) is 0 Å². The van der Waals surface area contributed by atoms with Crippen molar-refractivity contribution in [1.82, 2.24) is 4.98 Å². The number of alkyl halides is 3. The van der Waals surface area contributed by atoms with E-state index in [4.69, 9.17) is 0 Å². The lowest BCUT2D eigenvalue weighted by atomic mass is 10.1. The van der Waals surface area contributed by atoms with E-state index in [1.165, 1.54) is 18.3 Å². The average molecular weight is 265 g/mol. The van der Waals surface area contributed by atoms with Crippen LogP contribution in [-0.2, 0) is 6.18 Å². The summed E-state index contributed by atoms with van der Waals surface area (Å²) in [6.45, 7) is 0. The van der Waals surface area contributed by atoms with Crippen molar-refractivity contribution in [2.75, 3.05) is 5.43 Å². The minimum Gasteiger partial charge on any atom is -0.261 e. The molecule has 1 aromatic carbocycles. The van der Waals surface area contributed by atoms with Crippen LogP contribution < -0.4 is 5.43 Å². The number of hydrogen-bond donors (Lipinski definition) is 1. The Morgan fingerprint density at radius 3 is 2.37 bits per heavy atom. The van der Waals surface area contributed by atoms with Crippen LogP contribution in [0.2, 0.25) is 0 Å². The third-order valence-electron chi connectivity index (χ3n) is 2.30. The van der Waals surface area contributed by atoms with E-state index in [0.29, 0.717) is 11.4 Å². The number of nitrogens with one attached hydrogen (secondary N) is 1. The highest BCUT2D eigenvalue weighted by molar-refractivity contribution is 5.80. The van der Waals surface area contributed by atoms with E-state index in [0.717, 1.165) is 12.1 Å². The number of hydrazone groups is 1. The summed E-state index contributed by atoms with van der Waals surface area (Å²) in [5.41, 5.74) is 2.56. The standard InChI is InChI=1S/C13H10F3N3/c14-13(15,16)11-6-4-10(5-7-11)9-18-19-12-3-1-2-8-17-12/h1-9H,(H,17,19)/b18-9-. The highest BCUT2D eigenvalue weighted by Gasteiger charge is 2.29. The van der Waals surface area contributed by atoms with Gasteiger partial charge in [0, 0.05) is 6.20 Å². The number of benzene rings is 1. The lowest BCUT2D eigenvalue weighted by Crippen LogP contribution is -2.04. The zero-order valence-electron chi connectivity index (χ0n) is 9.72. The summed E-state index contributed by atoms with van der Waals surface area (Å²) in [6, 6.07) is 10.0. The van der Waals surface area contributed by atoms with Crippen LogP contribution in [0.5, 0.6) is 0 Å². The molecule has 0 spiro atoms. The van der Waals surface area contributed by atoms with Crippen LogP contribution in [0.3, 0.4) is 0 Å². The molecule has 1 heterocycles. The number of anilines is 1. The monoisotopic (exact) mass is 265 g/mol. The maximum absolute atomic E-state index is 12.3. The van der Waals surface area contributed by atoms with Crippen LogP contribution in [0.15, 0.2) is 53.8 Å². The first-order valence-corrected chi connectivity index (χ1v) is 5.43. The Kier molecular flexibility index (Phi) is 3.79. The van der Waals surface area contributed by atoms with E-state index in [1.54, 1.807) is 24.4 Å². The van der Waals surface area contributed by atoms with Gasteiger partial charge in [0.1, 0.15) is 5.82 Å². The summed E-state index contributed by atoms with van der Waals surface area (Å²) >= 11 is 0. The zero-order valence-corrected chi connectivity index (χ0v) is 9.72. The highest BCUT2D eigenvalue weighted by atomic mass is 19.4. The maximum atomic E-state index is 12.3. The van der Waals surface area contributed by atoms with Crippen molar-refractivity contribution in [2.45, 2.75) is 6.18 Å². The van der Waals surface area contributed by atoms with Crippen LogP contribution >= 0.6 is 0 Å². The minimum atomic E-state index is -4.32. The smallest absolute Gasteiger partial charge is 0.261 e. The molecule has 0 aliphatic rings. The molecule has 0 saturated heterocycles. The van der Waals surface area contributed by atoms with E-state index in [2.05, 4.69) is 15.5 Å². The Hall–Kier alpha value is -2.37. The lowest BCUT2D eigenvalue weighted by Gasteiger charge is -2.05. The molecule has 1 aromatic heterocycles. The number of hydrogen-bond acceptors (Lipinski definition) is 3. The van der Waals surface area contributed by atoms with Crippen LogP contribution in [0.4, 0.5) is 19.0 Å². The average Bonchev–Trinajstić information content (AvgIpc) is 2.39. The predicted molar refractivity (Wildman–Crippen MR) is 66.9 cm³/mol. The van der Waals surface area contributed by atoms with Crippen molar-refractivity contribution < 1.29 is 13.2 Å². The molecule has 98 valence electrons. The molecule has 0 bridgehead atoms. The van der Waals surface area contributed by atoms with Crippen LogP contribution in [-0.4, -0.2) is 11.2 Å². The Balaban J connectivity index is 2.00. The van der Waals surface area contributed by atoms with Crippen LogP contribution in [0, 0.1) is 0 Å². The van der Waals surface area contributed by atoms with Crippen LogP contribution in [0.25, 0.3) is 0 Å². The SMILES string of the molecule is FC(F)(F)c1ccc(/C=N\Nc2ccccn2)cc1. The van der Waals surface area contributed by atoms with Crippen molar-refractivity contribution >= 4 is 12.0 Å². The molecule has 0 unspecified atom stereocenters. The number of halogens is 3. The Morgan fingerprint density at radius 1 is 1.05 bits per heavy atom. The van der Waals surface area contributed by atoms with Crippen molar-refractivity contribution in [2.24, 2.45) is 5.10 Å². The Morgan fingerprint density at radius 2 is 1.79 bits per heavy atom. The number of rotatable bonds is 3. The Labute approximate surface area is 107 Å². The van der Waals surface area contributed by atoms with E-state index in [1.807, 2.05) is 0 Å². The van der Waals surface area contributed by atoms with E-state index >= 15 is 0 Å². The summed E-state index contributed by atoms with van der Waals surface area (Å²) < 4.78 is 37.0. The van der Waals surface area contributed by atoms with Gasteiger partial charge >= 0.3 is 6.18 Å². The number of nitrogens with zero attached hydrogens (tertiary/aromatic N) is 2. The fraction of sp³-hybridized carbons (Fsp3) is 0.0769. The van der Waals surface area contributed by atoms with Gasteiger partial charge in [0.05, 0.1) is 11.8 Å². The summed E-state index contributed by atoms with van der Waals surface area (Å²) in [7, 11) is 0. The van der Waals surface area contributed by atoms with Gasteiger partial charge < -0.3 is 0 Å². The molecule has 1 N–H and O–H groups in total. The second kappa shape index (κ2) is 5.51. The fourth-order valence-electron chi connectivity index (χ4n) is 1.36. The molecular weight excluding hydrogens is 255 g/mol. The van der Waals surface area contributed by atoms with Crippen LogP contribution in [0.1, 0.15) is 11.1 Å². The lowest BCUT2D eigenvalue weighted by molar-refractivity contribution is -0.137. The zero-order chi connectivity index (χ0) is 13.7. The molecule has 19 heavy (non-hydrogen) atoms. The minimum absolute atomic E-state index is 0.561. The van der Waals surface area contributed by atoms with Crippen molar-refractivity contribution in [1.29, 1.82) is 0 Å². The number of aromatic nitrogens is 1. The quantitative estimate of drug-likeness (QED) is 0.680. The first-order chi connectivity index (χ1) is 9.05. The third kappa shape index (κ3) is 3.80. The highest BCUT2D eigenvalue weighted by Crippen LogP contribution is 2.28. The van der Waals surface area contributed by atoms with Gasteiger partial charge in [-0.15, -0.1) is 0 Å². The summed E-state index contributed by atoms with van der Waals surface area (Å²) in [4.78, 5) is 3.98. The van der Waals surface area contributed by atoms with E-state index in [-0.39, 0.29) is 0 Å². The van der Waals surface area contributed by atoms with Crippen molar-refractivity contribution in [3.8, 4) is 0 Å². The van der Waals surface area contributed by atoms with Gasteiger partial charge in [0.2, 0.25) is 0 Å². The molecule has 0 amide bonds. The van der Waals surface area contributed by atoms with Gasteiger partial charge in [-0.05, 0) is 29.8 Å². The van der Waals surface area contributed by atoms with E-state index < -0.39 is 11.7 Å². The van der Waals surface area contributed by atoms with Gasteiger partial charge in [-0.3, -0.25) is 5.43 Å². The molecule has 0 radical (unpaired) electrons. The van der Waals surface area contributed by atoms with Gasteiger partial charge in [0.15, 0.2) is 0 Å². The first-order valence-electron chi connectivity index (χ1n) is 5.43. The van der Waals surface area contributed by atoms with Gasteiger partial charge in [-0.25, -0.2) is 4.98 Å². The van der Waals surface area contributed by atoms with Gasteiger partial charge in [-0.2, -0.15) is 18.3 Å². The summed E-state index contributed by atoms with van der Waals surface area (Å²) in [5.74, 6) is 0.561.